The molecule has 0 aliphatic carbocycles. The van der Waals surface area contributed by atoms with E-state index in [1.54, 1.807) is 23.8 Å². The Hall–Kier alpha value is -2.96. The van der Waals surface area contributed by atoms with Crippen molar-refractivity contribution in [3.8, 4) is 5.75 Å². The van der Waals surface area contributed by atoms with Crippen molar-refractivity contribution in [2.24, 2.45) is 0 Å². The molecule has 0 saturated carbocycles. The number of nitrogens with one attached hydrogen (secondary N) is 1. The number of benzene rings is 3. The Bertz CT molecular complexity index is 1080. The van der Waals surface area contributed by atoms with Gasteiger partial charge in [-0.25, -0.2) is 0 Å². The maximum Gasteiger partial charge on any atom is 0.246 e. The van der Waals surface area contributed by atoms with Crippen molar-refractivity contribution in [2.75, 3.05) is 23.1 Å². The van der Waals surface area contributed by atoms with E-state index in [1.165, 1.54) is 0 Å². The first-order valence-corrected chi connectivity index (χ1v) is 11.2. The van der Waals surface area contributed by atoms with E-state index in [2.05, 4.69) is 5.32 Å². The molecule has 1 heterocycles. The Labute approximate surface area is 190 Å². The topological polar surface area (TPSA) is 58.6 Å². The number of para-hydroxylation sites is 2. The average molecular weight is 453 g/mol. The van der Waals surface area contributed by atoms with Crippen molar-refractivity contribution in [3.63, 3.8) is 0 Å². The van der Waals surface area contributed by atoms with E-state index >= 15 is 0 Å². The number of anilines is 2. The van der Waals surface area contributed by atoms with Gasteiger partial charge in [-0.3, -0.25) is 14.5 Å². The molecule has 1 aliphatic rings. The monoisotopic (exact) mass is 452 g/mol. The summed E-state index contributed by atoms with van der Waals surface area (Å²) in [5, 5.41) is 1.91. The maximum absolute atomic E-state index is 12.6. The van der Waals surface area contributed by atoms with Crippen LogP contribution in [0.4, 0.5) is 11.4 Å². The van der Waals surface area contributed by atoms with E-state index in [1.807, 2.05) is 78.9 Å². The Balaban J connectivity index is 1.51. The van der Waals surface area contributed by atoms with Gasteiger partial charge in [0.25, 0.3) is 0 Å². The fourth-order valence-corrected chi connectivity index (χ4v) is 4.84. The molecule has 1 aliphatic heterocycles. The van der Waals surface area contributed by atoms with E-state index < -0.39 is 5.38 Å². The Kier molecular flexibility index (Phi) is 6.49. The summed E-state index contributed by atoms with van der Waals surface area (Å²) in [6.07, 6.45) is 0. The van der Waals surface area contributed by atoms with Crippen LogP contribution in [0.15, 0.2) is 78.9 Å². The van der Waals surface area contributed by atoms with Gasteiger partial charge in [0.15, 0.2) is 0 Å². The van der Waals surface area contributed by atoms with Crippen LogP contribution in [0, 0.1) is 0 Å². The Morgan fingerprint density at radius 2 is 1.74 bits per heavy atom. The number of rotatable bonds is 6. The molecule has 5 nitrogen and oxygen atoms in total. The summed E-state index contributed by atoms with van der Waals surface area (Å²) in [7, 11) is 1.60. The van der Waals surface area contributed by atoms with Crippen LogP contribution in [0.3, 0.4) is 0 Å². The summed E-state index contributed by atoms with van der Waals surface area (Å²) in [5.41, 5.74) is 3.10. The molecule has 158 valence electrons. The van der Waals surface area contributed by atoms with Crippen LogP contribution in [0.2, 0.25) is 0 Å². The van der Waals surface area contributed by atoms with Crippen LogP contribution in [-0.4, -0.2) is 24.7 Å². The van der Waals surface area contributed by atoms with Gasteiger partial charge >= 0.3 is 0 Å². The number of methoxy groups -OCH3 is 1. The summed E-state index contributed by atoms with van der Waals surface area (Å²) in [6, 6.07) is 24.2. The SMILES string of the molecule is COc1ccccc1N1C(=O)CSC1c1ccc(NC(=O)C(Cl)c2ccccc2)cc1. The minimum absolute atomic E-state index is 0.0322. The molecule has 0 spiro atoms. The van der Waals surface area contributed by atoms with E-state index in [0.29, 0.717) is 17.2 Å². The molecule has 4 rings (SSSR count). The molecule has 1 fully saturated rings. The fourth-order valence-electron chi connectivity index (χ4n) is 3.47. The van der Waals surface area contributed by atoms with Gasteiger partial charge in [-0.2, -0.15) is 0 Å². The van der Waals surface area contributed by atoms with Crippen molar-refractivity contribution in [1.29, 1.82) is 0 Å². The van der Waals surface area contributed by atoms with Crippen LogP contribution in [0.25, 0.3) is 0 Å². The van der Waals surface area contributed by atoms with Gasteiger partial charge in [0, 0.05) is 5.69 Å². The van der Waals surface area contributed by atoms with Crippen LogP contribution < -0.4 is 15.0 Å². The first-order chi connectivity index (χ1) is 15.1. The lowest BCUT2D eigenvalue weighted by atomic mass is 10.1. The van der Waals surface area contributed by atoms with Gasteiger partial charge in [-0.05, 0) is 35.4 Å². The highest BCUT2D eigenvalue weighted by molar-refractivity contribution is 8.00. The highest BCUT2D eigenvalue weighted by atomic mass is 35.5. The molecule has 2 amide bonds. The van der Waals surface area contributed by atoms with E-state index in [-0.39, 0.29) is 17.2 Å². The lowest BCUT2D eigenvalue weighted by molar-refractivity contribution is -0.116. The van der Waals surface area contributed by atoms with Gasteiger partial charge in [-0.1, -0.05) is 54.6 Å². The van der Waals surface area contributed by atoms with Crippen LogP contribution in [-0.2, 0) is 9.59 Å². The van der Waals surface area contributed by atoms with Gasteiger partial charge in [0.1, 0.15) is 16.5 Å². The number of amides is 2. The zero-order valence-electron chi connectivity index (χ0n) is 16.8. The van der Waals surface area contributed by atoms with Crippen molar-refractivity contribution in [2.45, 2.75) is 10.8 Å². The number of carbonyl (C=O) groups excluding carboxylic acids is 2. The highest BCUT2D eigenvalue weighted by Gasteiger charge is 2.35. The van der Waals surface area contributed by atoms with Crippen molar-refractivity contribution < 1.29 is 14.3 Å². The molecule has 31 heavy (non-hydrogen) atoms. The molecule has 2 unspecified atom stereocenters. The standard InChI is InChI=1S/C24H21ClN2O3S/c1-30-20-10-6-5-9-19(20)27-21(28)15-31-24(27)17-11-13-18(14-12-17)26-23(29)22(25)16-7-3-2-4-8-16/h2-14,22,24H,15H2,1H3,(H,26,29). The predicted octanol–water partition coefficient (Wildman–Crippen LogP) is 5.39. The Morgan fingerprint density at radius 1 is 1.06 bits per heavy atom. The van der Waals surface area contributed by atoms with E-state index in [9.17, 15) is 9.59 Å². The van der Waals surface area contributed by atoms with Crippen LogP contribution in [0.5, 0.6) is 5.75 Å². The van der Waals surface area contributed by atoms with Gasteiger partial charge < -0.3 is 10.1 Å². The molecule has 1 N–H and O–H groups in total. The van der Waals surface area contributed by atoms with Crippen molar-refractivity contribution in [1.82, 2.24) is 0 Å². The second-order valence-corrected chi connectivity index (χ2v) is 8.49. The number of hydrogen-bond acceptors (Lipinski definition) is 4. The lowest BCUT2D eigenvalue weighted by Gasteiger charge is -2.26. The number of thioether (sulfide) groups is 1. The molecule has 0 aromatic heterocycles. The third-order valence-electron chi connectivity index (χ3n) is 5.00. The number of ether oxygens (including phenoxy) is 1. The first kappa shape index (κ1) is 21.3. The first-order valence-electron chi connectivity index (χ1n) is 9.75. The lowest BCUT2D eigenvalue weighted by Crippen LogP contribution is -2.28. The number of alkyl halides is 1. The minimum Gasteiger partial charge on any atom is -0.495 e. The molecule has 3 aromatic rings. The predicted molar refractivity (Wildman–Crippen MR) is 126 cm³/mol. The molecule has 3 aromatic carbocycles. The summed E-state index contributed by atoms with van der Waals surface area (Å²) in [4.78, 5) is 26.9. The zero-order valence-corrected chi connectivity index (χ0v) is 18.4. The molecule has 7 heteroatoms. The van der Waals surface area contributed by atoms with Gasteiger partial charge in [0.2, 0.25) is 11.8 Å². The molecule has 2 atom stereocenters. The summed E-state index contributed by atoms with van der Waals surface area (Å²) in [6.45, 7) is 0. The number of halogens is 1. The normalized spacial score (nSPS) is 16.8. The van der Waals surface area contributed by atoms with E-state index in [0.717, 1.165) is 16.8 Å². The summed E-state index contributed by atoms with van der Waals surface area (Å²) in [5.74, 6) is 0.791. The number of nitrogens with zero attached hydrogens (tertiary/aromatic N) is 1. The minimum atomic E-state index is -0.773. The quantitative estimate of drug-likeness (QED) is 0.509. The zero-order chi connectivity index (χ0) is 21.8. The molecule has 0 radical (unpaired) electrons. The average Bonchev–Trinajstić information content (AvgIpc) is 3.20. The molecular formula is C24H21ClN2O3S. The van der Waals surface area contributed by atoms with Gasteiger partial charge in [0.05, 0.1) is 18.6 Å². The summed E-state index contributed by atoms with van der Waals surface area (Å²) >= 11 is 7.86. The molecular weight excluding hydrogens is 432 g/mol. The molecule has 0 bridgehead atoms. The van der Waals surface area contributed by atoms with Crippen molar-refractivity contribution >= 4 is 46.6 Å². The Morgan fingerprint density at radius 3 is 2.45 bits per heavy atom. The fraction of sp³-hybridized carbons (Fsp3) is 0.167. The summed E-state index contributed by atoms with van der Waals surface area (Å²) < 4.78 is 5.45. The third-order valence-corrected chi connectivity index (χ3v) is 6.66. The smallest absolute Gasteiger partial charge is 0.246 e. The largest absolute Gasteiger partial charge is 0.495 e. The second kappa shape index (κ2) is 9.45. The highest BCUT2D eigenvalue weighted by Crippen LogP contribution is 2.44. The van der Waals surface area contributed by atoms with E-state index in [4.69, 9.17) is 16.3 Å². The number of carbonyl (C=O) groups is 2. The maximum atomic E-state index is 12.6. The van der Waals surface area contributed by atoms with Crippen LogP contribution in [0.1, 0.15) is 21.9 Å². The second-order valence-electron chi connectivity index (χ2n) is 6.98. The molecule has 1 saturated heterocycles. The van der Waals surface area contributed by atoms with Gasteiger partial charge in [-0.15, -0.1) is 23.4 Å². The third kappa shape index (κ3) is 4.55. The number of hydrogen-bond donors (Lipinski definition) is 1. The van der Waals surface area contributed by atoms with Crippen LogP contribution >= 0.6 is 23.4 Å². The van der Waals surface area contributed by atoms with Crippen molar-refractivity contribution in [3.05, 3.63) is 90.0 Å².